The second kappa shape index (κ2) is 8.01. The van der Waals surface area contributed by atoms with Crippen LogP contribution in [0, 0.1) is 24.0 Å². The number of nitrogens with zero attached hydrogens (tertiary/aromatic N) is 2. The van der Waals surface area contributed by atoms with Crippen molar-refractivity contribution in [1.82, 2.24) is 0 Å². The summed E-state index contributed by atoms with van der Waals surface area (Å²) in [6.07, 6.45) is -0.586. The van der Waals surface area contributed by atoms with Gasteiger partial charge < -0.3 is 10.0 Å². The minimum absolute atomic E-state index is 0.135. The van der Waals surface area contributed by atoms with Crippen LogP contribution in [0.4, 0.5) is 11.4 Å². The third-order valence-electron chi connectivity index (χ3n) is 5.88. The summed E-state index contributed by atoms with van der Waals surface area (Å²) in [4.78, 5) is 38.6. The van der Waals surface area contributed by atoms with E-state index in [0.717, 1.165) is 16.7 Å². The predicted octanol–water partition coefficient (Wildman–Crippen LogP) is 4.22. The van der Waals surface area contributed by atoms with Crippen molar-refractivity contribution in [2.45, 2.75) is 32.4 Å². The number of para-hydroxylation sites is 2. The van der Waals surface area contributed by atoms with Gasteiger partial charge in [-0.1, -0.05) is 54.1 Å². The van der Waals surface area contributed by atoms with Crippen LogP contribution in [0.5, 0.6) is 0 Å². The van der Waals surface area contributed by atoms with Crippen molar-refractivity contribution in [3.63, 3.8) is 0 Å². The molecular formula is C25H22N2O5. The number of benzene rings is 3. The number of carbonyl (C=O) groups excluding carboxylic acids is 2. The van der Waals surface area contributed by atoms with Crippen LogP contribution in [-0.4, -0.2) is 21.7 Å². The second-order valence-electron chi connectivity index (χ2n) is 8.07. The number of amides is 1. The van der Waals surface area contributed by atoms with Gasteiger partial charge in [0.15, 0.2) is 11.4 Å². The van der Waals surface area contributed by atoms with E-state index in [0.29, 0.717) is 11.3 Å². The highest BCUT2D eigenvalue weighted by atomic mass is 16.6. The Morgan fingerprint density at radius 1 is 1.06 bits per heavy atom. The van der Waals surface area contributed by atoms with Crippen LogP contribution >= 0.6 is 0 Å². The van der Waals surface area contributed by atoms with Crippen molar-refractivity contribution in [2.24, 2.45) is 0 Å². The Kier molecular flexibility index (Phi) is 5.36. The molecule has 162 valence electrons. The smallest absolute Gasteiger partial charge is 0.280 e. The zero-order chi connectivity index (χ0) is 23.0. The minimum atomic E-state index is -2.10. The van der Waals surface area contributed by atoms with E-state index in [4.69, 9.17) is 0 Å². The summed E-state index contributed by atoms with van der Waals surface area (Å²) >= 11 is 0. The van der Waals surface area contributed by atoms with E-state index in [1.54, 1.807) is 24.3 Å². The van der Waals surface area contributed by atoms with Crippen LogP contribution in [0.2, 0.25) is 0 Å². The molecule has 1 heterocycles. The zero-order valence-corrected chi connectivity index (χ0v) is 17.7. The molecule has 0 bridgehead atoms. The van der Waals surface area contributed by atoms with Gasteiger partial charge >= 0.3 is 0 Å². The Bertz CT molecular complexity index is 1250. The number of nitro benzene ring substituents is 1. The molecule has 7 heteroatoms. The van der Waals surface area contributed by atoms with E-state index in [1.165, 1.54) is 29.2 Å². The van der Waals surface area contributed by atoms with Crippen LogP contribution < -0.4 is 4.90 Å². The van der Waals surface area contributed by atoms with Gasteiger partial charge in [0, 0.05) is 11.6 Å². The number of Topliss-reactive ketones (excluding diaryl/α,β-unsaturated/α-hetero) is 1. The first-order valence-corrected chi connectivity index (χ1v) is 10.2. The normalized spacial score (nSPS) is 17.3. The van der Waals surface area contributed by atoms with E-state index in [-0.39, 0.29) is 17.8 Å². The highest BCUT2D eigenvalue weighted by molar-refractivity contribution is 6.11. The number of hydrogen-bond acceptors (Lipinski definition) is 5. The number of nitro groups is 1. The number of ketones is 1. The molecule has 0 saturated carbocycles. The molecule has 7 nitrogen and oxygen atoms in total. The van der Waals surface area contributed by atoms with Gasteiger partial charge in [0.05, 0.1) is 29.1 Å². The number of carbonyl (C=O) groups is 2. The molecule has 32 heavy (non-hydrogen) atoms. The number of hydrogen-bond donors (Lipinski definition) is 1. The van der Waals surface area contributed by atoms with E-state index in [9.17, 15) is 24.8 Å². The SMILES string of the molecule is Cc1ccc(CN2C(=O)[C@](O)(CC(=O)c3ccccc3[N+](=O)[O-])c3ccccc32)c(C)c1. The molecule has 1 aliphatic heterocycles. The van der Waals surface area contributed by atoms with Gasteiger partial charge in [-0.3, -0.25) is 19.7 Å². The fourth-order valence-electron chi connectivity index (χ4n) is 4.22. The van der Waals surface area contributed by atoms with E-state index in [1.807, 2.05) is 32.0 Å². The molecular weight excluding hydrogens is 408 g/mol. The van der Waals surface area contributed by atoms with Gasteiger partial charge in [-0.25, -0.2) is 0 Å². The third-order valence-corrected chi connectivity index (χ3v) is 5.88. The lowest BCUT2D eigenvalue weighted by Crippen LogP contribution is -2.41. The molecule has 0 radical (unpaired) electrons. The summed E-state index contributed by atoms with van der Waals surface area (Å²) < 4.78 is 0. The van der Waals surface area contributed by atoms with Crippen LogP contribution in [0.15, 0.2) is 66.7 Å². The van der Waals surface area contributed by atoms with Crippen molar-refractivity contribution in [3.05, 3.63) is 105 Å². The van der Waals surface area contributed by atoms with Crippen LogP contribution in [0.25, 0.3) is 0 Å². The highest BCUT2D eigenvalue weighted by Crippen LogP contribution is 2.44. The fraction of sp³-hybridized carbons (Fsp3) is 0.200. The summed E-state index contributed by atoms with van der Waals surface area (Å²) in [5.41, 5.74) is 1.30. The molecule has 1 N–H and O–H groups in total. The molecule has 1 aliphatic rings. The summed E-state index contributed by atoms with van der Waals surface area (Å²) in [5.74, 6) is -1.29. The van der Waals surface area contributed by atoms with Gasteiger partial charge in [0.25, 0.3) is 11.6 Å². The Morgan fingerprint density at radius 3 is 2.47 bits per heavy atom. The number of aryl methyl sites for hydroxylation is 2. The lowest BCUT2D eigenvalue weighted by atomic mass is 9.88. The molecule has 1 amide bonds. The molecule has 4 rings (SSSR count). The van der Waals surface area contributed by atoms with Gasteiger partial charge in [0.1, 0.15) is 0 Å². The molecule has 0 spiro atoms. The summed E-state index contributed by atoms with van der Waals surface area (Å²) in [6, 6.07) is 18.3. The van der Waals surface area contributed by atoms with Gasteiger partial charge in [-0.2, -0.15) is 0 Å². The lowest BCUT2D eigenvalue weighted by molar-refractivity contribution is -0.385. The number of rotatable bonds is 6. The van der Waals surface area contributed by atoms with Gasteiger partial charge in [0.2, 0.25) is 0 Å². The quantitative estimate of drug-likeness (QED) is 0.358. The van der Waals surface area contributed by atoms with Crippen molar-refractivity contribution in [3.8, 4) is 0 Å². The number of fused-ring (bicyclic) bond motifs is 1. The van der Waals surface area contributed by atoms with Gasteiger partial charge in [-0.05, 0) is 37.1 Å². The zero-order valence-electron chi connectivity index (χ0n) is 17.7. The molecule has 0 unspecified atom stereocenters. The topological polar surface area (TPSA) is 101 Å². The lowest BCUT2D eigenvalue weighted by Gasteiger charge is -2.23. The van der Waals surface area contributed by atoms with Crippen molar-refractivity contribution < 1.29 is 19.6 Å². The second-order valence-corrected chi connectivity index (χ2v) is 8.07. The monoisotopic (exact) mass is 430 g/mol. The number of anilines is 1. The predicted molar refractivity (Wildman–Crippen MR) is 119 cm³/mol. The van der Waals surface area contributed by atoms with E-state index in [2.05, 4.69) is 0 Å². The highest BCUT2D eigenvalue weighted by Gasteiger charge is 2.51. The maximum atomic E-state index is 13.4. The van der Waals surface area contributed by atoms with E-state index >= 15 is 0 Å². The average molecular weight is 430 g/mol. The number of aliphatic hydroxyl groups is 1. The first-order chi connectivity index (χ1) is 15.2. The summed E-state index contributed by atoms with van der Waals surface area (Å²) in [6.45, 7) is 4.18. The van der Waals surface area contributed by atoms with Crippen molar-refractivity contribution in [2.75, 3.05) is 4.90 Å². The summed E-state index contributed by atoms with van der Waals surface area (Å²) in [5, 5.41) is 22.8. The fourth-order valence-corrected chi connectivity index (χ4v) is 4.22. The first kappa shape index (κ1) is 21.4. The Labute approximate surface area is 185 Å². The third kappa shape index (κ3) is 3.56. The maximum Gasteiger partial charge on any atom is 0.280 e. The Morgan fingerprint density at radius 2 is 1.75 bits per heavy atom. The van der Waals surface area contributed by atoms with Crippen LogP contribution in [-0.2, 0) is 16.9 Å². The Hall–Kier alpha value is -3.84. The van der Waals surface area contributed by atoms with Crippen molar-refractivity contribution >= 4 is 23.1 Å². The molecule has 3 aromatic rings. The van der Waals surface area contributed by atoms with Crippen LogP contribution in [0.3, 0.4) is 0 Å². The molecule has 0 aliphatic carbocycles. The van der Waals surface area contributed by atoms with Gasteiger partial charge in [-0.15, -0.1) is 0 Å². The summed E-state index contributed by atoms with van der Waals surface area (Å²) in [7, 11) is 0. The largest absolute Gasteiger partial charge is 0.375 e. The molecule has 0 fully saturated rings. The van der Waals surface area contributed by atoms with Crippen molar-refractivity contribution in [1.29, 1.82) is 0 Å². The Balaban J connectivity index is 1.71. The van der Waals surface area contributed by atoms with E-state index < -0.39 is 28.6 Å². The van der Waals surface area contributed by atoms with Crippen LogP contribution in [0.1, 0.15) is 39.0 Å². The average Bonchev–Trinajstić information content (AvgIpc) is 2.97. The molecule has 0 saturated heterocycles. The first-order valence-electron chi connectivity index (χ1n) is 10.2. The molecule has 3 aromatic carbocycles. The molecule has 1 atom stereocenters. The minimum Gasteiger partial charge on any atom is -0.375 e. The standard InChI is InChI=1S/C25H22N2O5/c1-16-11-12-18(17(2)13-16)15-26-22-10-6-4-8-20(22)25(30,24(26)29)14-23(28)19-7-3-5-9-21(19)27(31)32/h3-13,30H,14-15H2,1-2H3/t25-/m0/s1. The maximum absolute atomic E-state index is 13.4. The molecule has 0 aromatic heterocycles.